The van der Waals surface area contributed by atoms with Gasteiger partial charge >= 0.3 is 5.97 Å². The van der Waals surface area contributed by atoms with Crippen LogP contribution in [0.3, 0.4) is 0 Å². The highest BCUT2D eigenvalue weighted by Gasteiger charge is 2.14. The third-order valence-corrected chi connectivity index (χ3v) is 3.53. The fourth-order valence-corrected chi connectivity index (χ4v) is 2.44. The van der Waals surface area contributed by atoms with E-state index in [0.717, 1.165) is 0 Å². The van der Waals surface area contributed by atoms with Crippen LogP contribution in [0.2, 0.25) is 0 Å². The van der Waals surface area contributed by atoms with E-state index in [9.17, 15) is 13.2 Å². The number of rotatable bonds is 5. The monoisotopic (exact) mass is 308 g/mol. The summed E-state index contributed by atoms with van der Waals surface area (Å²) < 4.78 is 25.6. The van der Waals surface area contributed by atoms with Crippen molar-refractivity contribution in [3.05, 3.63) is 22.9 Å². The SMILES string of the molecule is O=C(O)CCS(=O)(=O)Nc1ccncc1Br. The molecule has 0 aliphatic heterocycles. The van der Waals surface area contributed by atoms with Crippen LogP contribution in [0.4, 0.5) is 5.69 Å². The maximum Gasteiger partial charge on any atom is 0.304 e. The van der Waals surface area contributed by atoms with E-state index >= 15 is 0 Å². The minimum atomic E-state index is -3.64. The lowest BCUT2D eigenvalue weighted by Crippen LogP contribution is -2.19. The molecule has 1 aromatic heterocycles. The number of hydrogen-bond acceptors (Lipinski definition) is 4. The van der Waals surface area contributed by atoms with Gasteiger partial charge in [0.05, 0.1) is 22.3 Å². The molecular formula is C8H9BrN2O4S. The van der Waals surface area contributed by atoms with Crippen LogP contribution >= 0.6 is 15.9 Å². The van der Waals surface area contributed by atoms with Crippen molar-refractivity contribution >= 4 is 37.6 Å². The fourth-order valence-electron chi connectivity index (χ4n) is 0.898. The highest BCUT2D eigenvalue weighted by Crippen LogP contribution is 2.21. The zero-order chi connectivity index (χ0) is 12.2. The Hall–Kier alpha value is -1.15. The van der Waals surface area contributed by atoms with Gasteiger partial charge in [-0.2, -0.15) is 0 Å². The Morgan fingerprint density at radius 1 is 1.56 bits per heavy atom. The summed E-state index contributed by atoms with van der Waals surface area (Å²) in [5, 5.41) is 8.39. The number of aliphatic carboxylic acids is 1. The highest BCUT2D eigenvalue weighted by molar-refractivity contribution is 9.10. The summed E-state index contributed by atoms with van der Waals surface area (Å²) in [6.45, 7) is 0. The van der Waals surface area contributed by atoms with Gasteiger partial charge in [0, 0.05) is 12.4 Å². The van der Waals surface area contributed by atoms with Gasteiger partial charge < -0.3 is 5.11 Å². The van der Waals surface area contributed by atoms with Gasteiger partial charge in [-0.05, 0) is 22.0 Å². The molecule has 6 nitrogen and oxygen atoms in total. The van der Waals surface area contributed by atoms with Gasteiger partial charge in [0.2, 0.25) is 10.0 Å². The Morgan fingerprint density at radius 2 is 2.25 bits per heavy atom. The number of aromatic nitrogens is 1. The second kappa shape index (κ2) is 5.26. The smallest absolute Gasteiger partial charge is 0.304 e. The first-order valence-corrected chi connectivity index (χ1v) is 6.67. The van der Waals surface area contributed by atoms with Crippen LogP contribution in [0.1, 0.15) is 6.42 Å². The number of nitrogens with one attached hydrogen (secondary N) is 1. The number of carboxylic acids is 1. The van der Waals surface area contributed by atoms with Crippen molar-refractivity contribution in [3.8, 4) is 0 Å². The predicted octanol–water partition coefficient (Wildman–Crippen LogP) is 1.06. The summed E-state index contributed by atoms with van der Waals surface area (Å²) in [6, 6.07) is 1.47. The van der Waals surface area contributed by atoms with E-state index in [1.165, 1.54) is 18.5 Å². The zero-order valence-corrected chi connectivity index (χ0v) is 10.5. The lowest BCUT2D eigenvalue weighted by atomic mass is 10.4. The van der Waals surface area contributed by atoms with Crippen molar-refractivity contribution in [3.63, 3.8) is 0 Å². The molecule has 0 aliphatic rings. The molecule has 8 heteroatoms. The van der Waals surface area contributed by atoms with Crippen molar-refractivity contribution in [2.45, 2.75) is 6.42 Å². The maximum absolute atomic E-state index is 11.4. The number of halogens is 1. The van der Waals surface area contributed by atoms with Gasteiger partial charge in [0.15, 0.2) is 0 Å². The molecular weight excluding hydrogens is 300 g/mol. The summed E-state index contributed by atoms with van der Waals surface area (Å²) >= 11 is 3.12. The normalized spacial score (nSPS) is 11.1. The van der Waals surface area contributed by atoms with Crippen LogP contribution in [-0.2, 0) is 14.8 Å². The standard InChI is InChI=1S/C8H9BrN2O4S/c9-6-5-10-3-1-7(6)11-16(14,15)4-2-8(12)13/h1,3,5H,2,4H2,(H,10,11)(H,12,13). The van der Waals surface area contributed by atoms with E-state index in [0.29, 0.717) is 10.2 Å². The number of hydrogen-bond donors (Lipinski definition) is 2. The Morgan fingerprint density at radius 3 is 2.81 bits per heavy atom. The Bertz CT molecular complexity index is 489. The van der Waals surface area contributed by atoms with Gasteiger partial charge in [0.1, 0.15) is 0 Å². The summed E-state index contributed by atoms with van der Waals surface area (Å²) in [4.78, 5) is 14.0. The molecule has 0 amide bonds. The molecule has 88 valence electrons. The van der Waals surface area contributed by atoms with Crippen LogP contribution in [0, 0.1) is 0 Å². The lowest BCUT2D eigenvalue weighted by molar-refractivity contribution is -0.136. The number of pyridine rings is 1. The van der Waals surface area contributed by atoms with Crippen molar-refractivity contribution < 1.29 is 18.3 Å². The summed E-state index contributed by atoms with van der Waals surface area (Å²) in [7, 11) is -3.64. The first-order chi connectivity index (χ1) is 7.41. The number of carboxylic acid groups (broad SMARTS) is 1. The molecule has 16 heavy (non-hydrogen) atoms. The van der Waals surface area contributed by atoms with Crippen LogP contribution < -0.4 is 4.72 Å². The predicted molar refractivity (Wildman–Crippen MR) is 61.6 cm³/mol. The van der Waals surface area contributed by atoms with Crippen molar-refractivity contribution in [2.75, 3.05) is 10.5 Å². The summed E-state index contributed by atoms with van der Waals surface area (Å²) in [5.41, 5.74) is 0.334. The van der Waals surface area contributed by atoms with Gasteiger partial charge in [-0.1, -0.05) is 0 Å². The van der Waals surface area contributed by atoms with Crippen molar-refractivity contribution in [2.24, 2.45) is 0 Å². The Balaban J connectivity index is 2.73. The molecule has 0 fully saturated rings. The van der Waals surface area contributed by atoms with Gasteiger partial charge in [-0.3, -0.25) is 14.5 Å². The molecule has 0 spiro atoms. The van der Waals surface area contributed by atoms with Gasteiger partial charge in [-0.25, -0.2) is 8.42 Å². The number of nitrogens with zero attached hydrogens (tertiary/aromatic N) is 1. The highest BCUT2D eigenvalue weighted by atomic mass is 79.9. The van der Waals surface area contributed by atoms with E-state index in [4.69, 9.17) is 5.11 Å². The number of anilines is 1. The molecule has 0 saturated heterocycles. The molecule has 1 aromatic rings. The molecule has 1 rings (SSSR count). The third kappa shape index (κ3) is 4.15. The van der Waals surface area contributed by atoms with Crippen LogP contribution in [-0.4, -0.2) is 30.2 Å². The fraction of sp³-hybridized carbons (Fsp3) is 0.250. The Labute approximate surface area is 101 Å². The molecule has 0 atom stereocenters. The van der Waals surface area contributed by atoms with E-state index in [1.54, 1.807) is 0 Å². The minimum Gasteiger partial charge on any atom is -0.481 e. The van der Waals surface area contributed by atoms with E-state index in [1.807, 2.05) is 0 Å². The van der Waals surface area contributed by atoms with E-state index in [-0.39, 0.29) is 0 Å². The third-order valence-electron chi connectivity index (χ3n) is 1.62. The molecule has 0 unspecified atom stereocenters. The quantitative estimate of drug-likeness (QED) is 0.848. The van der Waals surface area contributed by atoms with Gasteiger partial charge in [0.25, 0.3) is 0 Å². The topological polar surface area (TPSA) is 96.4 Å². The first-order valence-electron chi connectivity index (χ1n) is 4.22. The second-order valence-corrected chi connectivity index (χ2v) is 5.62. The molecule has 1 heterocycles. The molecule has 2 N–H and O–H groups in total. The van der Waals surface area contributed by atoms with Gasteiger partial charge in [-0.15, -0.1) is 0 Å². The molecule has 0 saturated carbocycles. The number of sulfonamides is 1. The molecule has 0 bridgehead atoms. The first kappa shape index (κ1) is 12.9. The van der Waals surface area contributed by atoms with Crippen LogP contribution in [0.25, 0.3) is 0 Å². The van der Waals surface area contributed by atoms with E-state index in [2.05, 4.69) is 25.6 Å². The summed E-state index contributed by atoms with van der Waals surface area (Å²) in [6.07, 6.45) is 2.44. The minimum absolute atomic E-state index is 0.334. The molecule has 0 aromatic carbocycles. The lowest BCUT2D eigenvalue weighted by Gasteiger charge is -2.07. The average Bonchev–Trinajstić information content (AvgIpc) is 2.19. The maximum atomic E-state index is 11.4. The van der Waals surface area contributed by atoms with Crippen LogP contribution in [0.15, 0.2) is 22.9 Å². The zero-order valence-electron chi connectivity index (χ0n) is 8.05. The second-order valence-electron chi connectivity index (χ2n) is 2.92. The largest absolute Gasteiger partial charge is 0.481 e. The number of carbonyl (C=O) groups is 1. The molecule has 0 aliphatic carbocycles. The molecule has 0 radical (unpaired) electrons. The average molecular weight is 309 g/mol. The van der Waals surface area contributed by atoms with Crippen LogP contribution in [0.5, 0.6) is 0 Å². The van der Waals surface area contributed by atoms with Crippen molar-refractivity contribution in [1.82, 2.24) is 4.98 Å². The van der Waals surface area contributed by atoms with Crippen molar-refractivity contribution in [1.29, 1.82) is 0 Å². The Kier molecular flexibility index (Phi) is 4.25. The summed E-state index contributed by atoms with van der Waals surface area (Å²) in [5.74, 6) is -1.61. The van der Waals surface area contributed by atoms with E-state index < -0.39 is 28.2 Å².